The van der Waals surface area contributed by atoms with Gasteiger partial charge in [0.25, 0.3) is 10.0 Å². The van der Waals surface area contributed by atoms with Crippen LogP contribution in [0.4, 0.5) is 5.82 Å². The van der Waals surface area contributed by atoms with E-state index in [0.29, 0.717) is 36.9 Å². The van der Waals surface area contributed by atoms with Gasteiger partial charge >= 0.3 is 0 Å². The molecule has 0 radical (unpaired) electrons. The van der Waals surface area contributed by atoms with Crippen molar-refractivity contribution in [1.82, 2.24) is 14.7 Å². The lowest BCUT2D eigenvalue weighted by Gasteiger charge is -2.33. The Morgan fingerprint density at radius 1 is 1.19 bits per heavy atom. The SMILES string of the molecule is O=C(Nc1ccnn1Cc1cccs1)C1CCCN(C2=NS(=O)(=O)c3ccccc32)C1. The fraction of sp³-hybridized carbons (Fsp3) is 0.286. The van der Waals surface area contributed by atoms with Crippen LogP contribution in [-0.4, -0.2) is 47.9 Å². The maximum atomic E-state index is 13.0. The average Bonchev–Trinajstić information content (AvgIpc) is 3.50. The molecule has 5 rings (SSSR count). The molecule has 8 nitrogen and oxygen atoms in total. The molecule has 0 aliphatic carbocycles. The second kappa shape index (κ2) is 7.93. The molecule has 1 unspecified atom stereocenters. The smallest absolute Gasteiger partial charge is 0.285 e. The number of anilines is 1. The lowest BCUT2D eigenvalue weighted by atomic mass is 9.96. The Kier molecular flexibility index (Phi) is 5.11. The fourth-order valence-electron chi connectivity index (χ4n) is 4.04. The molecule has 1 saturated heterocycles. The molecule has 10 heteroatoms. The van der Waals surface area contributed by atoms with E-state index in [1.807, 2.05) is 22.4 Å². The highest BCUT2D eigenvalue weighted by Gasteiger charge is 2.35. The quantitative estimate of drug-likeness (QED) is 0.653. The lowest BCUT2D eigenvalue weighted by molar-refractivity contribution is -0.121. The Morgan fingerprint density at radius 3 is 2.90 bits per heavy atom. The molecule has 3 aromatic rings. The van der Waals surface area contributed by atoms with Crippen LogP contribution in [0, 0.1) is 5.92 Å². The number of carbonyl (C=O) groups excluding carboxylic acids is 1. The zero-order valence-electron chi connectivity index (χ0n) is 16.6. The van der Waals surface area contributed by atoms with E-state index in [-0.39, 0.29) is 16.7 Å². The molecule has 2 aromatic heterocycles. The third kappa shape index (κ3) is 3.88. The number of thiophene rings is 1. The van der Waals surface area contributed by atoms with Crippen molar-refractivity contribution in [2.24, 2.45) is 10.3 Å². The first kappa shape index (κ1) is 20.0. The van der Waals surface area contributed by atoms with Crippen LogP contribution in [0.1, 0.15) is 23.3 Å². The molecular weight excluding hydrogens is 434 g/mol. The topological polar surface area (TPSA) is 96.7 Å². The Hall–Kier alpha value is -2.98. The molecule has 0 saturated carbocycles. The first-order valence-corrected chi connectivity index (χ1v) is 12.4. The Morgan fingerprint density at radius 2 is 2.06 bits per heavy atom. The van der Waals surface area contributed by atoms with Crippen molar-refractivity contribution in [3.8, 4) is 0 Å². The first-order valence-electron chi connectivity index (χ1n) is 10.1. The summed E-state index contributed by atoms with van der Waals surface area (Å²) in [4.78, 5) is 16.3. The van der Waals surface area contributed by atoms with Gasteiger partial charge in [-0.2, -0.15) is 13.5 Å². The van der Waals surface area contributed by atoms with Gasteiger partial charge in [-0.3, -0.25) is 4.79 Å². The van der Waals surface area contributed by atoms with Crippen molar-refractivity contribution in [2.45, 2.75) is 24.3 Å². The number of sulfonamides is 1. The van der Waals surface area contributed by atoms with Crippen LogP contribution in [0.15, 0.2) is 63.3 Å². The number of hydrogen-bond acceptors (Lipinski definition) is 6. The second-order valence-corrected chi connectivity index (χ2v) is 10.2. The molecule has 2 aliphatic rings. The lowest BCUT2D eigenvalue weighted by Crippen LogP contribution is -2.43. The number of rotatable bonds is 4. The van der Waals surface area contributed by atoms with E-state index >= 15 is 0 Å². The van der Waals surface area contributed by atoms with E-state index < -0.39 is 10.0 Å². The van der Waals surface area contributed by atoms with E-state index in [1.54, 1.807) is 52.5 Å². The van der Waals surface area contributed by atoms with Gasteiger partial charge in [0.2, 0.25) is 5.91 Å². The second-order valence-electron chi connectivity index (χ2n) is 7.61. The van der Waals surface area contributed by atoms with Crippen molar-refractivity contribution < 1.29 is 13.2 Å². The summed E-state index contributed by atoms with van der Waals surface area (Å²) in [5.41, 5.74) is 0.609. The number of nitrogens with zero attached hydrogens (tertiary/aromatic N) is 4. The van der Waals surface area contributed by atoms with E-state index in [9.17, 15) is 13.2 Å². The molecule has 1 fully saturated rings. The summed E-state index contributed by atoms with van der Waals surface area (Å²) >= 11 is 1.64. The summed E-state index contributed by atoms with van der Waals surface area (Å²) < 4.78 is 30.6. The number of amides is 1. The number of likely N-dealkylation sites (tertiary alicyclic amines) is 1. The van der Waals surface area contributed by atoms with Gasteiger partial charge in [0.1, 0.15) is 10.7 Å². The highest BCUT2D eigenvalue weighted by Crippen LogP contribution is 2.30. The number of piperidine rings is 1. The maximum absolute atomic E-state index is 13.0. The molecule has 0 spiro atoms. The van der Waals surface area contributed by atoms with Crippen LogP contribution in [0.3, 0.4) is 0 Å². The Labute approximate surface area is 184 Å². The van der Waals surface area contributed by atoms with Crippen LogP contribution in [0.25, 0.3) is 0 Å². The Bertz CT molecular complexity index is 1250. The van der Waals surface area contributed by atoms with Crippen molar-refractivity contribution >= 4 is 38.9 Å². The zero-order valence-corrected chi connectivity index (χ0v) is 18.3. The standard InChI is InChI=1S/C21H21N5O3S2/c27-21(23-19-9-10-22-26(19)14-16-6-4-12-30-16)15-5-3-11-25(13-15)20-17-7-1-2-8-18(17)31(28,29)24-20/h1-2,4,6-10,12,15H,3,5,11,13-14H2,(H,23,27). The molecular formula is C21H21N5O3S2. The summed E-state index contributed by atoms with van der Waals surface area (Å²) in [6, 6.07) is 12.7. The van der Waals surface area contributed by atoms with E-state index in [1.165, 1.54) is 0 Å². The number of aromatic nitrogens is 2. The average molecular weight is 456 g/mol. The van der Waals surface area contributed by atoms with E-state index in [4.69, 9.17) is 0 Å². The van der Waals surface area contributed by atoms with Gasteiger partial charge < -0.3 is 10.2 Å². The number of fused-ring (bicyclic) bond motifs is 1. The summed E-state index contributed by atoms with van der Waals surface area (Å²) in [6.07, 6.45) is 3.20. The highest BCUT2D eigenvalue weighted by atomic mass is 32.2. The minimum Gasteiger partial charge on any atom is -0.355 e. The van der Waals surface area contributed by atoms with E-state index in [2.05, 4.69) is 14.8 Å². The Balaban J connectivity index is 1.31. The maximum Gasteiger partial charge on any atom is 0.285 e. The summed E-state index contributed by atoms with van der Waals surface area (Å²) in [5.74, 6) is 0.738. The van der Waals surface area contributed by atoms with Gasteiger partial charge in [-0.25, -0.2) is 4.68 Å². The largest absolute Gasteiger partial charge is 0.355 e. The van der Waals surface area contributed by atoms with E-state index in [0.717, 1.165) is 17.7 Å². The molecule has 4 heterocycles. The number of amidine groups is 1. The first-order chi connectivity index (χ1) is 15.0. The minimum atomic E-state index is -3.68. The van der Waals surface area contributed by atoms with Gasteiger partial charge in [-0.05, 0) is 36.4 Å². The van der Waals surface area contributed by atoms with Crippen LogP contribution in [-0.2, 0) is 21.4 Å². The molecule has 1 aromatic carbocycles. The van der Waals surface area contributed by atoms with Crippen LogP contribution < -0.4 is 5.32 Å². The van der Waals surface area contributed by atoms with Crippen molar-refractivity contribution in [3.05, 3.63) is 64.5 Å². The zero-order chi connectivity index (χ0) is 21.4. The molecule has 0 bridgehead atoms. The monoisotopic (exact) mass is 455 g/mol. The summed E-state index contributed by atoms with van der Waals surface area (Å²) in [5, 5.41) is 9.33. The summed E-state index contributed by atoms with van der Waals surface area (Å²) in [6.45, 7) is 1.69. The third-order valence-corrected chi connectivity index (χ3v) is 7.74. The van der Waals surface area contributed by atoms with Crippen LogP contribution in [0.5, 0.6) is 0 Å². The van der Waals surface area contributed by atoms with Crippen molar-refractivity contribution in [1.29, 1.82) is 0 Å². The predicted octanol–water partition coefficient (Wildman–Crippen LogP) is 2.79. The molecule has 31 heavy (non-hydrogen) atoms. The number of carbonyl (C=O) groups is 1. The number of nitrogens with one attached hydrogen (secondary N) is 1. The van der Waals surface area contributed by atoms with Gasteiger partial charge in [0.05, 0.1) is 18.7 Å². The molecule has 160 valence electrons. The van der Waals surface area contributed by atoms with Gasteiger partial charge in [-0.15, -0.1) is 15.7 Å². The van der Waals surface area contributed by atoms with Gasteiger partial charge in [0, 0.05) is 29.6 Å². The third-order valence-electron chi connectivity index (χ3n) is 5.56. The van der Waals surface area contributed by atoms with Crippen LogP contribution in [0.2, 0.25) is 0 Å². The van der Waals surface area contributed by atoms with Gasteiger partial charge in [-0.1, -0.05) is 18.2 Å². The minimum absolute atomic E-state index is 0.0904. The molecule has 1 atom stereocenters. The molecule has 1 N–H and O–H groups in total. The summed E-state index contributed by atoms with van der Waals surface area (Å²) in [7, 11) is -3.68. The van der Waals surface area contributed by atoms with Crippen LogP contribution >= 0.6 is 11.3 Å². The molecule has 2 aliphatic heterocycles. The highest BCUT2D eigenvalue weighted by molar-refractivity contribution is 7.90. The molecule has 1 amide bonds. The predicted molar refractivity (Wildman–Crippen MR) is 119 cm³/mol. The van der Waals surface area contributed by atoms with Crippen molar-refractivity contribution in [2.75, 3.05) is 18.4 Å². The van der Waals surface area contributed by atoms with Crippen molar-refractivity contribution in [3.63, 3.8) is 0 Å². The normalized spacial score (nSPS) is 19.7. The number of benzene rings is 1. The fourth-order valence-corrected chi connectivity index (χ4v) is 5.96. The number of hydrogen-bond donors (Lipinski definition) is 1. The van der Waals surface area contributed by atoms with Gasteiger partial charge in [0.15, 0.2) is 5.84 Å².